The smallest absolute Gasteiger partial charge is 0.223 e. The number of hydrogen-bond donors (Lipinski definition) is 0. The molecule has 1 aliphatic carbocycles. The minimum Gasteiger partial charge on any atom is -0.481 e. The van der Waals surface area contributed by atoms with Crippen molar-refractivity contribution < 1.29 is 9.47 Å². The lowest BCUT2D eigenvalue weighted by Gasteiger charge is -2.09. The second-order valence-electron chi connectivity index (χ2n) is 3.50. The number of methoxy groups -OCH3 is 2. The Kier molecular flexibility index (Phi) is 4.52. The van der Waals surface area contributed by atoms with Gasteiger partial charge in [0.25, 0.3) is 0 Å². The Bertz CT molecular complexity index is 324. The van der Waals surface area contributed by atoms with E-state index in [-0.39, 0.29) is 0 Å². The average Bonchev–Trinajstić information content (AvgIpc) is 3.16. The molecule has 90 valence electrons. The molecule has 2 rings (SSSR count). The molecule has 0 aromatic carbocycles. The van der Waals surface area contributed by atoms with Gasteiger partial charge in [-0.05, 0) is 19.8 Å². The van der Waals surface area contributed by atoms with E-state index in [0.29, 0.717) is 17.7 Å². The first-order chi connectivity index (χ1) is 7.76. The van der Waals surface area contributed by atoms with E-state index >= 15 is 0 Å². The molecular weight excluding hydrogens is 204 g/mol. The average molecular weight is 224 g/mol. The van der Waals surface area contributed by atoms with Crippen LogP contribution in [0.2, 0.25) is 0 Å². The molecule has 1 heterocycles. The monoisotopic (exact) mass is 224 g/mol. The Balaban J connectivity index is 0.000000606. The molecular formula is C12H20N2O2. The van der Waals surface area contributed by atoms with Crippen molar-refractivity contribution >= 4 is 0 Å². The normalized spacial score (nSPS) is 13.8. The Morgan fingerprint density at radius 1 is 1.00 bits per heavy atom. The van der Waals surface area contributed by atoms with Crippen molar-refractivity contribution in [3.63, 3.8) is 0 Å². The Morgan fingerprint density at radius 2 is 1.44 bits per heavy atom. The van der Waals surface area contributed by atoms with Gasteiger partial charge < -0.3 is 9.47 Å². The molecule has 0 aliphatic heterocycles. The van der Waals surface area contributed by atoms with Gasteiger partial charge in [-0.1, -0.05) is 13.8 Å². The minimum absolute atomic E-state index is 0.512. The van der Waals surface area contributed by atoms with Gasteiger partial charge in [0.2, 0.25) is 11.8 Å². The Hall–Kier alpha value is -1.32. The van der Waals surface area contributed by atoms with Gasteiger partial charge in [-0.3, -0.25) is 0 Å². The van der Waals surface area contributed by atoms with Crippen LogP contribution in [-0.4, -0.2) is 24.2 Å². The number of ether oxygens (including phenoxy) is 2. The summed E-state index contributed by atoms with van der Waals surface area (Å²) >= 11 is 0. The van der Waals surface area contributed by atoms with Crippen molar-refractivity contribution in [2.24, 2.45) is 0 Å². The summed E-state index contributed by atoms with van der Waals surface area (Å²) in [5.41, 5.74) is 0.861. The van der Waals surface area contributed by atoms with Crippen molar-refractivity contribution in [1.82, 2.24) is 9.97 Å². The van der Waals surface area contributed by atoms with E-state index < -0.39 is 0 Å². The number of nitrogens with zero attached hydrogens (tertiary/aromatic N) is 2. The molecule has 0 radical (unpaired) electrons. The maximum atomic E-state index is 5.17. The molecule has 1 aromatic rings. The SMILES string of the molecule is CC.COc1nc(C2CC2)nc(OC)c1C. The number of hydrogen-bond acceptors (Lipinski definition) is 4. The number of rotatable bonds is 3. The molecule has 1 saturated carbocycles. The van der Waals surface area contributed by atoms with Crippen LogP contribution < -0.4 is 9.47 Å². The van der Waals surface area contributed by atoms with Gasteiger partial charge in [0.05, 0.1) is 19.8 Å². The van der Waals surface area contributed by atoms with Crippen LogP contribution >= 0.6 is 0 Å². The standard InChI is InChI=1S/C10H14N2O2.C2H6/c1-6-9(13-2)11-8(7-4-5-7)12-10(6)14-3;1-2/h7H,4-5H2,1-3H3;1-2H3. The first-order valence-electron chi connectivity index (χ1n) is 5.72. The molecule has 0 atom stereocenters. The predicted octanol–water partition coefficient (Wildman–Crippen LogP) is 2.71. The summed E-state index contributed by atoms with van der Waals surface area (Å²) in [4.78, 5) is 8.70. The molecule has 0 amide bonds. The number of aromatic nitrogens is 2. The zero-order valence-corrected chi connectivity index (χ0v) is 10.7. The largest absolute Gasteiger partial charge is 0.481 e. The lowest BCUT2D eigenvalue weighted by molar-refractivity contribution is 0.362. The topological polar surface area (TPSA) is 44.2 Å². The molecule has 1 fully saturated rings. The Labute approximate surface area is 97.0 Å². The van der Waals surface area contributed by atoms with Gasteiger partial charge >= 0.3 is 0 Å². The van der Waals surface area contributed by atoms with Gasteiger partial charge in [-0.25, -0.2) is 0 Å². The van der Waals surface area contributed by atoms with Crippen LogP contribution in [0.15, 0.2) is 0 Å². The summed E-state index contributed by atoms with van der Waals surface area (Å²) in [5, 5.41) is 0. The predicted molar refractivity (Wildman–Crippen MR) is 63.2 cm³/mol. The summed E-state index contributed by atoms with van der Waals surface area (Å²) in [6, 6.07) is 0. The fraction of sp³-hybridized carbons (Fsp3) is 0.667. The summed E-state index contributed by atoms with van der Waals surface area (Å²) in [6.45, 7) is 5.90. The zero-order chi connectivity index (χ0) is 12.1. The second-order valence-corrected chi connectivity index (χ2v) is 3.50. The van der Waals surface area contributed by atoms with Gasteiger partial charge in [-0.2, -0.15) is 9.97 Å². The molecule has 1 aromatic heterocycles. The van der Waals surface area contributed by atoms with E-state index in [1.807, 2.05) is 20.8 Å². The van der Waals surface area contributed by atoms with Crippen LogP contribution in [0.25, 0.3) is 0 Å². The van der Waals surface area contributed by atoms with E-state index in [1.165, 1.54) is 12.8 Å². The van der Waals surface area contributed by atoms with Crippen LogP contribution in [0.5, 0.6) is 11.8 Å². The van der Waals surface area contributed by atoms with Crippen molar-refractivity contribution in [3.05, 3.63) is 11.4 Å². The van der Waals surface area contributed by atoms with Crippen LogP contribution in [-0.2, 0) is 0 Å². The van der Waals surface area contributed by atoms with E-state index in [1.54, 1.807) is 14.2 Å². The summed E-state index contributed by atoms with van der Waals surface area (Å²) in [5.74, 6) is 2.61. The van der Waals surface area contributed by atoms with Crippen LogP contribution in [0.1, 0.15) is 44.0 Å². The molecule has 4 heteroatoms. The van der Waals surface area contributed by atoms with Crippen molar-refractivity contribution in [3.8, 4) is 11.8 Å². The van der Waals surface area contributed by atoms with Gasteiger partial charge in [0, 0.05) is 5.92 Å². The maximum Gasteiger partial charge on any atom is 0.223 e. The Morgan fingerprint density at radius 3 is 1.75 bits per heavy atom. The van der Waals surface area contributed by atoms with E-state index in [2.05, 4.69) is 9.97 Å². The first kappa shape index (κ1) is 12.7. The fourth-order valence-electron chi connectivity index (χ4n) is 1.41. The van der Waals surface area contributed by atoms with Gasteiger partial charge in [-0.15, -0.1) is 0 Å². The first-order valence-corrected chi connectivity index (χ1v) is 5.72. The zero-order valence-electron chi connectivity index (χ0n) is 10.7. The highest BCUT2D eigenvalue weighted by molar-refractivity contribution is 5.35. The fourth-order valence-corrected chi connectivity index (χ4v) is 1.41. The quantitative estimate of drug-likeness (QED) is 0.791. The van der Waals surface area contributed by atoms with E-state index in [4.69, 9.17) is 9.47 Å². The highest BCUT2D eigenvalue weighted by Crippen LogP contribution is 2.40. The van der Waals surface area contributed by atoms with Crippen molar-refractivity contribution in [1.29, 1.82) is 0 Å². The molecule has 0 bridgehead atoms. The van der Waals surface area contributed by atoms with Crippen molar-refractivity contribution in [2.45, 2.75) is 39.5 Å². The third kappa shape index (κ3) is 2.62. The molecule has 0 saturated heterocycles. The molecule has 4 nitrogen and oxygen atoms in total. The second kappa shape index (κ2) is 5.68. The van der Waals surface area contributed by atoms with E-state index in [0.717, 1.165) is 11.4 Å². The highest BCUT2D eigenvalue weighted by atomic mass is 16.5. The van der Waals surface area contributed by atoms with Gasteiger partial charge in [0.15, 0.2) is 0 Å². The summed E-state index contributed by atoms with van der Waals surface area (Å²) in [6.07, 6.45) is 2.35. The lowest BCUT2D eigenvalue weighted by atomic mass is 10.3. The third-order valence-electron chi connectivity index (χ3n) is 2.40. The lowest BCUT2D eigenvalue weighted by Crippen LogP contribution is -2.02. The summed E-state index contributed by atoms with van der Waals surface area (Å²) in [7, 11) is 3.23. The van der Waals surface area contributed by atoms with Crippen LogP contribution in [0, 0.1) is 6.92 Å². The van der Waals surface area contributed by atoms with Crippen molar-refractivity contribution in [2.75, 3.05) is 14.2 Å². The molecule has 16 heavy (non-hydrogen) atoms. The highest BCUT2D eigenvalue weighted by Gasteiger charge is 2.28. The maximum absolute atomic E-state index is 5.17. The molecule has 1 aliphatic rings. The van der Waals surface area contributed by atoms with Crippen LogP contribution in [0.3, 0.4) is 0 Å². The third-order valence-corrected chi connectivity index (χ3v) is 2.40. The van der Waals surface area contributed by atoms with E-state index in [9.17, 15) is 0 Å². The van der Waals surface area contributed by atoms with Gasteiger partial charge in [0.1, 0.15) is 5.82 Å². The minimum atomic E-state index is 0.512. The molecule has 0 unspecified atom stereocenters. The summed E-state index contributed by atoms with van der Waals surface area (Å²) < 4.78 is 10.3. The van der Waals surface area contributed by atoms with Crippen LogP contribution in [0.4, 0.5) is 0 Å². The molecule has 0 N–H and O–H groups in total. The molecule has 0 spiro atoms.